The van der Waals surface area contributed by atoms with Crippen molar-refractivity contribution < 1.29 is 13.2 Å². The van der Waals surface area contributed by atoms with E-state index >= 15 is 0 Å². The van der Waals surface area contributed by atoms with Gasteiger partial charge in [-0.25, -0.2) is 0 Å². The predicted octanol–water partition coefficient (Wildman–Crippen LogP) is 5.54. The van der Waals surface area contributed by atoms with Crippen molar-refractivity contribution in [1.82, 2.24) is 0 Å². The van der Waals surface area contributed by atoms with Crippen LogP contribution in [0.15, 0.2) is 39.9 Å². The van der Waals surface area contributed by atoms with Crippen LogP contribution in [-0.2, 0) is 6.18 Å². The van der Waals surface area contributed by atoms with Gasteiger partial charge in [-0.1, -0.05) is 17.7 Å². The molecule has 0 bridgehead atoms. The normalized spacial score (nSPS) is 11.6. The molecule has 0 saturated carbocycles. The van der Waals surface area contributed by atoms with Crippen molar-refractivity contribution in [2.24, 2.45) is 0 Å². The molecule has 0 fully saturated rings. The molecule has 0 aliphatic heterocycles. The summed E-state index contributed by atoms with van der Waals surface area (Å²) in [5, 5.41) is 2.14. The second-order valence-corrected chi connectivity index (χ2v) is 5.79. The van der Waals surface area contributed by atoms with E-state index in [0.29, 0.717) is 0 Å². The van der Waals surface area contributed by atoms with Crippen LogP contribution < -0.4 is 4.72 Å². The summed E-state index contributed by atoms with van der Waals surface area (Å²) in [6.45, 7) is 0. The van der Waals surface area contributed by atoms with E-state index in [4.69, 9.17) is 11.6 Å². The fraction of sp³-hybridized carbons (Fsp3) is 0.0909. The van der Waals surface area contributed by atoms with Gasteiger partial charge in [0.05, 0.1) is 20.5 Å². The van der Waals surface area contributed by atoms with Gasteiger partial charge in [0.1, 0.15) is 0 Å². The van der Waals surface area contributed by atoms with Gasteiger partial charge in [-0.05, 0) is 41.6 Å². The van der Waals surface area contributed by atoms with Gasteiger partial charge in [0, 0.05) is 0 Å². The third-order valence-electron chi connectivity index (χ3n) is 2.05. The predicted molar refractivity (Wildman–Crippen MR) is 70.3 cm³/mol. The van der Waals surface area contributed by atoms with Gasteiger partial charge in [-0.2, -0.15) is 13.2 Å². The lowest BCUT2D eigenvalue weighted by Crippen LogP contribution is -2.05. The van der Waals surface area contributed by atoms with E-state index in [0.717, 1.165) is 16.3 Å². The van der Waals surface area contributed by atoms with Gasteiger partial charge in [0.25, 0.3) is 0 Å². The highest BCUT2D eigenvalue weighted by molar-refractivity contribution is 8.02. The Morgan fingerprint density at radius 3 is 2.61 bits per heavy atom. The van der Waals surface area contributed by atoms with E-state index < -0.39 is 11.7 Å². The maximum Gasteiger partial charge on any atom is 0.416 e. The molecule has 0 atom stereocenters. The van der Waals surface area contributed by atoms with Gasteiger partial charge >= 0.3 is 6.18 Å². The fourth-order valence-electron chi connectivity index (χ4n) is 1.21. The molecular weight excluding hydrogens is 303 g/mol. The Morgan fingerprint density at radius 2 is 2.00 bits per heavy atom. The van der Waals surface area contributed by atoms with Crippen molar-refractivity contribution in [2.75, 3.05) is 4.72 Å². The molecule has 18 heavy (non-hydrogen) atoms. The highest BCUT2D eigenvalue weighted by atomic mass is 35.5. The number of hydrogen-bond acceptors (Lipinski definition) is 3. The van der Waals surface area contributed by atoms with Crippen LogP contribution in [0.2, 0.25) is 5.02 Å². The Hall–Kier alpha value is -0.850. The van der Waals surface area contributed by atoms with Gasteiger partial charge in [0.15, 0.2) is 0 Å². The lowest BCUT2D eigenvalue weighted by molar-refractivity contribution is -0.137. The van der Waals surface area contributed by atoms with Crippen LogP contribution >= 0.6 is 34.9 Å². The molecule has 0 radical (unpaired) electrons. The lowest BCUT2D eigenvalue weighted by Gasteiger charge is -2.11. The van der Waals surface area contributed by atoms with E-state index in [9.17, 15) is 13.2 Å². The summed E-state index contributed by atoms with van der Waals surface area (Å²) in [6.07, 6.45) is -4.37. The Balaban J connectivity index is 2.16. The third-order valence-corrected chi connectivity index (χ3v) is 4.24. The summed E-state index contributed by atoms with van der Waals surface area (Å²) >= 11 is 8.57. The van der Waals surface area contributed by atoms with E-state index in [1.54, 1.807) is 0 Å². The number of anilines is 1. The van der Waals surface area contributed by atoms with E-state index in [2.05, 4.69) is 4.72 Å². The first kappa shape index (κ1) is 13.6. The van der Waals surface area contributed by atoms with Crippen LogP contribution in [-0.4, -0.2) is 0 Å². The van der Waals surface area contributed by atoms with Crippen molar-refractivity contribution >= 4 is 40.6 Å². The first-order valence-electron chi connectivity index (χ1n) is 4.80. The van der Waals surface area contributed by atoms with Gasteiger partial charge in [0.2, 0.25) is 0 Å². The molecule has 7 heteroatoms. The van der Waals surface area contributed by atoms with Crippen LogP contribution in [0, 0.1) is 0 Å². The van der Waals surface area contributed by atoms with Gasteiger partial charge in [-0.3, -0.25) is 0 Å². The number of halogens is 4. The average molecular weight is 310 g/mol. The molecule has 2 rings (SSSR count). The Kier molecular flexibility index (Phi) is 4.09. The summed E-state index contributed by atoms with van der Waals surface area (Å²) in [4.78, 5) is 0. The Morgan fingerprint density at radius 1 is 1.22 bits per heavy atom. The van der Waals surface area contributed by atoms with Gasteiger partial charge < -0.3 is 4.72 Å². The Bertz CT molecular complexity index is 526. The maximum atomic E-state index is 12.5. The second kappa shape index (κ2) is 5.42. The summed E-state index contributed by atoms with van der Waals surface area (Å²) in [5.41, 5.74) is -0.467. The molecule has 0 aliphatic rings. The zero-order valence-electron chi connectivity index (χ0n) is 8.79. The summed E-state index contributed by atoms with van der Waals surface area (Å²) in [7, 11) is 0. The minimum atomic E-state index is -4.37. The summed E-state index contributed by atoms with van der Waals surface area (Å²) < 4.78 is 41.4. The van der Waals surface area contributed by atoms with E-state index in [1.807, 2.05) is 17.5 Å². The highest BCUT2D eigenvalue weighted by Gasteiger charge is 2.30. The SMILES string of the molecule is FC(F)(F)c1ccc(Cl)c(NSc2cccs2)c1. The number of rotatable bonds is 3. The zero-order chi connectivity index (χ0) is 13.2. The third kappa shape index (κ3) is 3.34. The molecule has 1 heterocycles. The van der Waals surface area contributed by atoms with Crippen molar-refractivity contribution in [3.63, 3.8) is 0 Å². The van der Waals surface area contributed by atoms with Crippen LogP contribution in [0.4, 0.5) is 18.9 Å². The lowest BCUT2D eigenvalue weighted by atomic mass is 10.2. The standard InChI is InChI=1S/C11H7ClF3NS2/c12-8-4-3-7(11(13,14)15)6-9(8)16-18-10-2-1-5-17-10/h1-6,16H. The monoisotopic (exact) mass is 309 g/mol. The highest BCUT2D eigenvalue weighted by Crippen LogP contribution is 2.35. The van der Waals surface area contributed by atoms with Crippen molar-refractivity contribution in [3.8, 4) is 0 Å². The van der Waals surface area contributed by atoms with E-state index in [-0.39, 0.29) is 10.7 Å². The molecule has 2 aromatic rings. The molecule has 1 N–H and O–H groups in total. The molecule has 96 valence electrons. The first-order chi connectivity index (χ1) is 8.47. The molecule has 1 aromatic heterocycles. The number of thiophene rings is 1. The summed E-state index contributed by atoms with van der Waals surface area (Å²) in [6, 6.07) is 6.93. The van der Waals surface area contributed by atoms with E-state index in [1.165, 1.54) is 29.4 Å². The van der Waals surface area contributed by atoms with Crippen molar-refractivity contribution in [2.45, 2.75) is 10.4 Å². The molecular formula is C11H7ClF3NS2. The molecule has 0 unspecified atom stereocenters. The minimum absolute atomic E-state index is 0.255. The maximum absolute atomic E-state index is 12.5. The molecule has 0 saturated heterocycles. The Labute approximate surface area is 115 Å². The van der Waals surface area contributed by atoms with Crippen LogP contribution in [0.5, 0.6) is 0 Å². The topological polar surface area (TPSA) is 12.0 Å². The molecule has 1 nitrogen and oxygen atoms in total. The first-order valence-corrected chi connectivity index (χ1v) is 6.87. The molecule has 0 amide bonds. The van der Waals surface area contributed by atoms with Gasteiger partial charge in [-0.15, -0.1) is 11.3 Å². The average Bonchev–Trinajstić information content (AvgIpc) is 2.79. The van der Waals surface area contributed by atoms with Crippen LogP contribution in [0.25, 0.3) is 0 Å². The number of benzene rings is 1. The molecule has 0 spiro atoms. The molecule has 0 aliphatic carbocycles. The zero-order valence-corrected chi connectivity index (χ0v) is 11.2. The number of alkyl halides is 3. The van der Waals surface area contributed by atoms with Crippen LogP contribution in [0.3, 0.4) is 0 Å². The quantitative estimate of drug-likeness (QED) is 0.747. The van der Waals surface area contributed by atoms with Crippen molar-refractivity contribution in [3.05, 3.63) is 46.3 Å². The fourth-order valence-corrected chi connectivity index (χ4v) is 2.89. The summed E-state index contributed by atoms with van der Waals surface area (Å²) in [5.74, 6) is 0. The van der Waals surface area contributed by atoms with Crippen molar-refractivity contribution in [1.29, 1.82) is 0 Å². The largest absolute Gasteiger partial charge is 0.416 e. The smallest absolute Gasteiger partial charge is 0.324 e. The number of nitrogens with one attached hydrogen (secondary N) is 1. The minimum Gasteiger partial charge on any atom is -0.324 e. The second-order valence-electron chi connectivity index (χ2n) is 3.33. The van der Waals surface area contributed by atoms with Crippen LogP contribution in [0.1, 0.15) is 5.56 Å². The molecule has 1 aromatic carbocycles. The number of hydrogen-bond donors (Lipinski definition) is 1.